The Balaban J connectivity index is 2.99. The van der Waals surface area contributed by atoms with Crippen molar-refractivity contribution < 1.29 is 5.11 Å². The first-order valence-electron chi connectivity index (χ1n) is 10.5. The van der Waals surface area contributed by atoms with Crippen LogP contribution in [-0.4, -0.2) is 11.7 Å². The molecule has 23 heavy (non-hydrogen) atoms. The van der Waals surface area contributed by atoms with Crippen molar-refractivity contribution in [1.29, 1.82) is 0 Å². The zero-order valence-electron chi connectivity index (χ0n) is 16.2. The topological polar surface area (TPSA) is 20.2 Å². The molecular formula is C22H44O. The second kappa shape index (κ2) is 19.7. The Labute approximate surface area is 147 Å². The minimum atomic E-state index is 0.193. The smallest absolute Gasteiger partial charge is 0.0612 e. The summed E-state index contributed by atoms with van der Waals surface area (Å²) in [5.74, 6) is 0.887. The summed E-state index contributed by atoms with van der Waals surface area (Å²) in [5.41, 5.74) is 0. The molecule has 0 aromatic rings. The van der Waals surface area contributed by atoms with Gasteiger partial charge in [-0.15, -0.1) is 0 Å². The van der Waals surface area contributed by atoms with Gasteiger partial charge in [-0.05, 0) is 18.8 Å². The van der Waals surface area contributed by atoms with Crippen LogP contribution in [0.2, 0.25) is 0 Å². The number of unbranched alkanes of at least 4 members (excludes halogenated alkanes) is 14. The summed E-state index contributed by atoms with van der Waals surface area (Å²) < 4.78 is 0. The van der Waals surface area contributed by atoms with Crippen LogP contribution in [0.25, 0.3) is 0 Å². The summed E-state index contributed by atoms with van der Waals surface area (Å²) in [6, 6.07) is 0. The highest BCUT2D eigenvalue weighted by molar-refractivity contribution is 4.80. The van der Waals surface area contributed by atoms with Gasteiger partial charge in [-0.25, -0.2) is 0 Å². The lowest BCUT2D eigenvalue weighted by Crippen LogP contribution is -1.87. The fraction of sp³-hybridized carbons (Fsp3) is 0.909. The lowest BCUT2D eigenvalue weighted by molar-refractivity contribution is 0.342. The summed E-state index contributed by atoms with van der Waals surface area (Å²) in [6.07, 6.45) is 26.5. The molecule has 0 fully saturated rings. The van der Waals surface area contributed by atoms with Gasteiger partial charge < -0.3 is 5.11 Å². The largest absolute Gasteiger partial charge is 0.392 e. The highest BCUT2D eigenvalue weighted by Crippen LogP contribution is 2.14. The summed E-state index contributed by atoms with van der Waals surface area (Å²) >= 11 is 0. The molecule has 0 aromatic carbocycles. The van der Waals surface area contributed by atoms with E-state index in [1.807, 2.05) is 6.08 Å². The van der Waals surface area contributed by atoms with Crippen molar-refractivity contribution in [2.24, 2.45) is 5.92 Å². The van der Waals surface area contributed by atoms with Crippen molar-refractivity contribution in [1.82, 2.24) is 0 Å². The van der Waals surface area contributed by atoms with Gasteiger partial charge in [0.05, 0.1) is 6.61 Å². The fourth-order valence-corrected chi connectivity index (χ4v) is 3.13. The summed E-state index contributed by atoms with van der Waals surface area (Å²) in [6.45, 7) is 4.85. The molecule has 1 heteroatoms. The number of rotatable bonds is 18. The molecule has 0 rings (SSSR count). The Kier molecular flexibility index (Phi) is 19.5. The maximum absolute atomic E-state index is 8.62. The zero-order chi connectivity index (χ0) is 17.0. The molecule has 0 spiro atoms. The minimum Gasteiger partial charge on any atom is -0.392 e. The Morgan fingerprint density at radius 2 is 0.957 bits per heavy atom. The van der Waals surface area contributed by atoms with Crippen LogP contribution in [0.4, 0.5) is 0 Å². The maximum Gasteiger partial charge on any atom is 0.0612 e. The molecule has 0 aliphatic rings. The lowest BCUT2D eigenvalue weighted by Gasteiger charge is -2.05. The fourth-order valence-electron chi connectivity index (χ4n) is 3.13. The van der Waals surface area contributed by atoms with E-state index in [1.54, 1.807) is 0 Å². The normalized spacial score (nSPS) is 11.8. The Bertz CT molecular complexity index is 232. The van der Waals surface area contributed by atoms with E-state index < -0.39 is 0 Å². The van der Waals surface area contributed by atoms with Gasteiger partial charge in [0.15, 0.2) is 0 Å². The van der Waals surface area contributed by atoms with Crippen LogP contribution in [0.5, 0.6) is 0 Å². The zero-order valence-corrected chi connectivity index (χ0v) is 16.2. The van der Waals surface area contributed by atoms with Crippen molar-refractivity contribution in [3.63, 3.8) is 0 Å². The van der Waals surface area contributed by atoms with Gasteiger partial charge in [0.2, 0.25) is 0 Å². The maximum atomic E-state index is 8.62. The monoisotopic (exact) mass is 324 g/mol. The third-order valence-electron chi connectivity index (χ3n) is 4.67. The van der Waals surface area contributed by atoms with E-state index in [4.69, 9.17) is 5.11 Å². The molecule has 0 saturated carbocycles. The number of allylic oxidation sites excluding steroid dienone is 1. The van der Waals surface area contributed by atoms with Gasteiger partial charge >= 0.3 is 0 Å². The van der Waals surface area contributed by atoms with Crippen LogP contribution in [0, 0.1) is 5.92 Å². The molecule has 0 saturated heterocycles. The van der Waals surface area contributed by atoms with E-state index in [-0.39, 0.29) is 6.61 Å². The first-order valence-corrected chi connectivity index (χ1v) is 10.5. The van der Waals surface area contributed by atoms with Crippen molar-refractivity contribution in [3.05, 3.63) is 12.2 Å². The number of hydrogen-bond acceptors (Lipinski definition) is 1. The van der Waals surface area contributed by atoms with Gasteiger partial charge in [-0.2, -0.15) is 0 Å². The molecule has 1 N–H and O–H groups in total. The quantitative estimate of drug-likeness (QED) is 0.205. The van der Waals surface area contributed by atoms with Crippen LogP contribution >= 0.6 is 0 Å². The SMILES string of the molecule is CC(C)CCCCCCCCCCCCCCCCC=CCO. The molecule has 0 radical (unpaired) electrons. The third-order valence-corrected chi connectivity index (χ3v) is 4.67. The van der Waals surface area contributed by atoms with Crippen molar-refractivity contribution >= 4 is 0 Å². The first kappa shape index (κ1) is 22.7. The van der Waals surface area contributed by atoms with E-state index in [1.165, 1.54) is 96.3 Å². The Hall–Kier alpha value is -0.300. The van der Waals surface area contributed by atoms with Crippen LogP contribution in [0.1, 0.15) is 117 Å². The van der Waals surface area contributed by atoms with E-state index in [2.05, 4.69) is 19.9 Å². The summed E-state index contributed by atoms with van der Waals surface area (Å²) in [4.78, 5) is 0. The van der Waals surface area contributed by atoms with E-state index in [0.717, 1.165) is 12.3 Å². The molecule has 0 atom stereocenters. The molecule has 0 bridgehead atoms. The standard InChI is InChI=1S/C22H44O/c1-22(2)20-18-16-14-12-10-8-6-4-3-5-7-9-11-13-15-17-19-21-23/h17,19,22-23H,3-16,18,20-21H2,1-2H3. The lowest BCUT2D eigenvalue weighted by atomic mass is 10.0. The predicted molar refractivity (Wildman–Crippen MR) is 105 cm³/mol. The average Bonchev–Trinajstić information content (AvgIpc) is 2.53. The molecular weight excluding hydrogens is 280 g/mol. The van der Waals surface area contributed by atoms with E-state index >= 15 is 0 Å². The molecule has 0 heterocycles. The molecule has 138 valence electrons. The van der Waals surface area contributed by atoms with Gasteiger partial charge in [0.1, 0.15) is 0 Å². The van der Waals surface area contributed by atoms with Crippen LogP contribution in [0.15, 0.2) is 12.2 Å². The molecule has 1 nitrogen and oxygen atoms in total. The number of aliphatic hydroxyl groups is 1. The Morgan fingerprint density at radius 1 is 0.565 bits per heavy atom. The van der Waals surface area contributed by atoms with Crippen LogP contribution in [0.3, 0.4) is 0 Å². The van der Waals surface area contributed by atoms with Gasteiger partial charge in [-0.1, -0.05) is 116 Å². The second-order valence-corrected chi connectivity index (χ2v) is 7.57. The molecule has 0 aliphatic carbocycles. The highest BCUT2D eigenvalue weighted by Gasteiger charge is 1.96. The van der Waals surface area contributed by atoms with Crippen molar-refractivity contribution in [2.45, 2.75) is 117 Å². The van der Waals surface area contributed by atoms with Crippen molar-refractivity contribution in [3.8, 4) is 0 Å². The predicted octanol–water partition coefficient (Wildman–Crippen LogP) is 7.43. The third kappa shape index (κ3) is 21.7. The summed E-state index contributed by atoms with van der Waals surface area (Å²) in [5, 5.41) is 8.62. The van der Waals surface area contributed by atoms with Crippen molar-refractivity contribution in [2.75, 3.05) is 6.61 Å². The van der Waals surface area contributed by atoms with E-state index in [9.17, 15) is 0 Å². The molecule has 0 amide bonds. The minimum absolute atomic E-state index is 0.193. The summed E-state index contributed by atoms with van der Waals surface area (Å²) in [7, 11) is 0. The Morgan fingerprint density at radius 3 is 1.35 bits per heavy atom. The molecule has 0 unspecified atom stereocenters. The number of aliphatic hydroxyl groups excluding tert-OH is 1. The van der Waals surface area contributed by atoms with Gasteiger partial charge in [0, 0.05) is 0 Å². The number of hydrogen-bond donors (Lipinski definition) is 1. The van der Waals surface area contributed by atoms with Crippen LogP contribution in [-0.2, 0) is 0 Å². The molecule has 0 aliphatic heterocycles. The average molecular weight is 325 g/mol. The highest BCUT2D eigenvalue weighted by atomic mass is 16.2. The second-order valence-electron chi connectivity index (χ2n) is 7.57. The first-order chi connectivity index (χ1) is 11.3. The molecule has 0 aromatic heterocycles. The van der Waals surface area contributed by atoms with E-state index in [0.29, 0.717) is 0 Å². The van der Waals surface area contributed by atoms with Crippen LogP contribution < -0.4 is 0 Å². The van der Waals surface area contributed by atoms with Gasteiger partial charge in [0.25, 0.3) is 0 Å². The van der Waals surface area contributed by atoms with Gasteiger partial charge in [-0.3, -0.25) is 0 Å².